The molecule has 0 amide bonds. The van der Waals surface area contributed by atoms with E-state index < -0.39 is 5.76 Å². The number of aryl methyl sites for hydroxylation is 2. The molecule has 7 nitrogen and oxygen atoms in total. The number of allylic oxidation sites excluding steroid dienone is 1. The summed E-state index contributed by atoms with van der Waals surface area (Å²) in [6.07, 6.45) is 4.24. The molecule has 1 aliphatic rings. The number of benzene rings is 2. The van der Waals surface area contributed by atoms with Crippen molar-refractivity contribution in [2.24, 2.45) is 0 Å². The number of H-pyrrole nitrogens is 1. The lowest BCUT2D eigenvalue weighted by atomic mass is 9.88. The van der Waals surface area contributed by atoms with Crippen LogP contribution >= 0.6 is 11.6 Å². The molecule has 5 aromatic rings. The maximum absolute atomic E-state index is 11.7. The van der Waals surface area contributed by atoms with Crippen molar-refractivity contribution in [3.8, 4) is 5.69 Å². The number of halogens is 1. The number of hydrogen-bond acceptors (Lipinski definition) is 5. The van der Waals surface area contributed by atoms with E-state index in [-0.39, 0.29) is 0 Å². The van der Waals surface area contributed by atoms with E-state index in [9.17, 15) is 4.79 Å². The predicted octanol–water partition coefficient (Wildman–Crippen LogP) is 5.70. The number of nitrogens with one attached hydrogen (secondary N) is 1. The zero-order valence-electron chi connectivity index (χ0n) is 20.2. The number of nitrogens with zero attached hydrogens (tertiary/aromatic N) is 4. The lowest BCUT2D eigenvalue weighted by Gasteiger charge is -2.19. The van der Waals surface area contributed by atoms with Crippen LogP contribution in [-0.2, 0) is 19.3 Å². The topological polar surface area (TPSA) is 89.6 Å². The first-order valence-electron chi connectivity index (χ1n) is 12.0. The molecule has 6 rings (SSSR count). The first kappa shape index (κ1) is 22.5. The summed E-state index contributed by atoms with van der Waals surface area (Å²) >= 11 is 6.47. The van der Waals surface area contributed by atoms with Gasteiger partial charge in [0, 0.05) is 18.2 Å². The van der Waals surface area contributed by atoms with Gasteiger partial charge in [-0.15, -0.1) is 0 Å². The number of pyridine rings is 1. The van der Waals surface area contributed by atoms with Crippen LogP contribution in [-0.4, -0.2) is 24.7 Å². The summed E-state index contributed by atoms with van der Waals surface area (Å²) in [4.78, 5) is 23.9. The van der Waals surface area contributed by atoms with E-state index in [1.165, 1.54) is 11.1 Å². The molecule has 3 heterocycles. The largest absolute Gasteiger partial charge is 0.439 e. The highest BCUT2D eigenvalue weighted by Gasteiger charge is 2.25. The summed E-state index contributed by atoms with van der Waals surface area (Å²) in [7, 11) is 0. The van der Waals surface area contributed by atoms with Crippen LogP contribution in [0.2, 0.25) is 5.02 Å². The number of hydrogen-bond donors (Lipinski definition) is 1. The summed E-state index contributed by atoms with van der Waals surface area (Å²) in [5.74, 6) is 0.786. The van der Waals surface area contributed by atoms with E-state index in [1.54, 1.807) is 12.3 Å². The third-order valence-corrected chi connectivity index (χ3v) is 7.37. The van der Waals surface area contributed by atoms with Crippen LogP contribution in [0.3, 0.4) is 0 Å². The van der Waals surface area contributed by atoms with Gasteiger partial charge >= 0.3 is 5.76 Å². The fourth-order valence-electron chi connectivity index (χ4n) is 5.32. The Morgan fingerprint density at radius 2 is 1.97 bits per heavy atom. The van der Waals surface area contributed by atoms with Gasteiger partial charge in [0.1, 0.15) is 11.3 Å². The molecule has 1 aliphatic carbocycles. The average molecular weight is 498 g/mol. The fourth-order valence-corrected chi connectivity index (χ4v) is 5.51. The number of aromatic nitrogens is 5. The molecule has 180 valence electrons. The Bertz CT molecular complexity index is 1740. The zero-order chi connectivity index (χ0) is 25.0. The Morgan fingerprint density at radius 3 is 2.75 bits per heavy atom. The summed E-state index contributed by atoms with van der Waals surface area (Å²) in [5.41, 5.74) is 10.3. The maximum atomic E-state index is 11.7. The second-order valence-electron chi connectivity index (χ2n) is 9.02. The van der Waals surface area contributed by atoms with Crippen LogP contribution in [0, 0.1) is 6.92 Å². The van der Waals surface area contributed by atoms with Crippen molar-refractivity contribution in [1.29, 1.82) is 0 Å². The molecule has 0 saturated carbocycles. The molecular weight excluding hydrogens is 474 g/mol. The first-order valence-corrected chi connectivity index (χ1v) is 12.4. The van der Waals surface area contributed by atoms with E-state index in [4.69, 9.17) is 21.1 Å². The van der Waals surface area contributed by atoms with Gasteiger partial charge in [-0.2, -0.15) is 0 Å². The number of rotatable bonds is 3. The smallest absolute Gasteiger partial charge is 0.296 e. The molecule has 0 radical (unpaired) electrons. The molecule has 0 fully saturated rings. The van der Waals surface area contributed by atoms with Gasteiger partial charge in [-0.25, -0.2) is 14.8 Å². The second-order valence-corrected chi connectivity index (χ2v) is 9.43. The normalized spacial score (nSPS) is 14.4. The molecule has 2 aromatic carbocycles. The van der Waals surface area contributed by atoms with Gasteiger partial charge in [-0.1, -0.05) is 54.0 Å². The van der Waals surface area contributed by atoms with Crippen LogP contribution < -0.4 is 5.76 Å². The van der Waals surface area contributed by atoms with Gasteiger partial charge in [0.15, 0.2) is 11.5 Å². The van der Waals surface area contributed by atoms with Crippen molar-refractivity contribution in [3.63, 3.8) is 0 Å². The Hall–Kier alpha value is -3.97. The number of aromatic amines is 1. The molecule has 3 aromatic heterocycles. The second kappa shape index (κ2) is 8.60. The van der Waals surface area contributed by atoms with Crippen LogP contribution in [0.15, 0.2) is 58.0 Å². The van der Waals surface area contributed by atoms with Crippen molar-refractivity contribution in [1.82, 2.24) is 24.7 Å². The fraction of sp³-hybridized carbons (Fsp3) is 0.214. The molecule has 0 aliphatic heterocycles. The summed E-state index contributed by atoms with van der Waals surface area (Å²) in [6, 6.07) is 14.5. The zero-order valence-corrected chi connectivity index (χ0v) is 21.0. The Labute approximate surface area is 212 Å². The third-order valence-electron chi connectivity index (χ3n) is 7.06. The molecule has 1 N–H and O–H groups in total. The molecule has 0 unspecified atom stereocenters. The van der Waals surface area contributed by atoms with E-state index >= 15 is 0 Å². The van der Waals surface area contributed by atoms with Crippen molar-refractivity contribution in [2.45, 2.75) is 40.0 Å². The number of imidazole rings is 1. The third kappa shape index (κ3) is 3.42. The summed E-state index contributed by atoms with van der Waals surface area (Å²) in [6.45, 7) is 6.22. The minimum atomic E-state index is -0.566. The highest BCUT2D eigenvalue weighted by Crippen LogP contribution is 2.40. The molecule has 0 bridgehead atoms. The first-order chi connectivity index (χ1) is 17.5. The van der Waals surface area contributed by atoms with E-state index in [1.807, 2.05) is 13.0 Å². The monoisotopic (exact) mass is 497 g/mol. The highest BCUT2D eigenvalue weighted by atomic mass is 35.5. The van der Waals surface area contributed by atoms with E-state index in [2.05, 4.69) is 63.9 Å². The summed E-state index contributed by atoms with van der Waals surface area (Å²) < 4.78 is 6.95. The highest BCUT2D eigenvalue weighted by molar-refractivity contribution is 6.34. The minimum absolute atomic E-state index is 0.437. The van der Waals surface area contributed by atoms with Gasteiger partial charge in [-0.3, -0.25) is 14.1 Å². The van der Waals surface area contributed by atoms with Crippen LogP contribution in [0.25, 0.3) is 28.0 Å². The average Bonchev–Trinajstić information content (AvgIpc) is 3.44. The lowest BCUT2D eigenvalue weighted by molar-refractivity contribution is 0.385. The Morgan fingerprint density at radius 1 is 1.14 bits per heavy atom. The molecule has 0 saturated heterocycles. The molecule has 0 spiro atoms. The van der Waals surface area contributed by atoms with Gasteiger partial charge < -0.3 is 0 Å². The SMILES string of the molecule is CCc1nc2c(Cl)ccnc2n1-c1ccc2c(c1C)CCc1ccccc1/C2=C(/C)c1noc(=O)[nH]1. The quantitative estimate of drug-likeness (QED) is 0.345. The van der Waals surface area contributed by atoms with Crippen LogP contribution in [0.1, 0.15) is 53.3 Å². The minimum Gasteiger partial charge on any atom is -0.296 e. The Kier molecular flexibility index (Phi) is 5.38. The molecule has 36 heavy (non-hydrogen) atoms. The van der Waals surface area contributed by atoms with Gasteiger partial charge in [-0.05, 0) is 72.2 Å². The van der Waals surface area contributed by atoms with Crippen molar-refractivity contribution in [2.75, 3.05) is 0 Å². The van der Waals surface area contributed by atoms with E-state index in [0.717, 1.165) is 64.3 Å². The van der Waals surface area contributed by atoms with Gasteiger partial charge in [0.2, 0.25) is 0 Å². The standard InChI is InChI=1S/C28H24ClN5O2/c1-4-23-31-25-21(29)13-14-30-27(25)34(23)22-12-11-20-18(15(22)2)10-9-17-7-5-6-8-19(17)24(20)16(3)26-32-28(35)36-33-26/h5-8,11-14H,4,9-10H2,1-3H3,(H,32,33,35)/b24-16+. The van der Waals surface area contributed by atoms with Crippen LogP contribution in [0.4, 0.5) is 0 Å². The molecule has 8 heteroatoms. The van der Waals surface area contributed by atoms with Gasteiger partial charge in [0.05, 0.1) is 10.7 Å². The van der Waals surface area contributed by atoms with Gasteiger partial charge in [0.25, 0.3) is 0 Å². The summed E-state index contributed by atoms with van der Waals surface area (Å²) in [5, 5.41) is 4.58. The Balaban J connectivity index is 1.64. The van der Waals surface area contributed by atoms with Crippen molar-refractivity contribution >= 4 is 33.9 Å². The van der Waals surface area contributed by atoms with Crippen LogP contribution in [0.5, 0.6) is 0 Å². The predicted molar refractivity (Wildman–Crippen MR) is 141 cm³/mol. The van der Waals surface area contributed by atoms with Crippen molar-refractivity contribution in [3.05, 3.63) is 104 Å². The lowest BCUT2D eigenvalue weighted by Crippen LogP contribution is -2.07. The maximum Gasteiger partial charge on any atom is 0.439 e. The van der Waals surface area contributed by atoms with Crippen molar-refractivity contribution < 1.29 is 4.52 Å². The molecular formula is C28H24ClN5O2. The molecule has 0 atom stereocenters. The number of fused-ring (bicyclic) bond motifs is 3. The van der Waals surface area contributed by atoms with E-state index in [0.29, 0.717) is 16.4 Å².